The van der Waals surface area contributed by atoms with Gasteiger partial charge in [0.25, 0.3) is 0 Å². The molecule has 4 nitrogen and oxygen atoms in total. The van der Waals surface area contributed by atoms with Crippen LogP contribution in [-0.4, -0.2) is 48.7 Å². The molecule has 0 aliphatic heterocycles. The lowest BCUT2D eigenvalue weighted by Crippen LogP contribution is -2.37. The van der Waals surface area contributed by atoms with Crippen LogP contribution in [0, 0.1) is 0 Å². The molecule has 0 atom stereocenters. The largest absolute Gasteiger partial charge is 0.395 e. The normalized spacial score (nSPS) is 18.1. The molecule has 13 heavy (non-hydrogen) atoms. The highest BCUT2D eigenvalue weighted by Crippen LogP contribution is 2.28. The fourth-order valence-electron chi connectivity index (χ4n) is 1.22. The lowest BCUT2D eigenvalue weighted by Gasteiger charge is -2.19. The molecule has 1 N–H and O–H groups in total. The quantitative estimate of drug-likeness (QED) is 0.651. The molecule has 1 aliphatic rings. The molecule has 1 aliphatic carbocycles. The summed E-state index contributed by atoms with van der Waals surface area (Å²) in [6.45, 7) is 0.0713. The van der Waals surface area contributed by atoms with E-state index in [2.05, 4.69) is 0 Å². The number of alkyl halides is 1. The molecule has 0 unspecified atom stereocenters. The van der Waals surface area contributed by atoms with Crippen molar-refractivity contribution in [1.29, 1.82) is 0 Å². The molecular formula is C7H14ClNO3S. The second-order valence-electron chi connectivity index (χ2n) is 3.07. The van der Waals surface area contributed by atoms with E-state index in [4.69, 9.17) is 16.7 Å². The third-order valence-corrected chi connectivity index (χ3v) is 4.30. The molecule has 1 fully saturated rings. The highest BCUT2D eigenvalue weighted by atomic mass is 35.5. The van der Waals surface area contributed by atoms with Crippen LogP contribution in [0.4, 0.5) is 0 Å². The highest BCUT2D eigenvalue weighted by Gasteiger charge is 2.36. The van der Waals surface area contributed by atoms with Crippen LogP contribution in [0.15, 0.2) is 0 Å². The van der Waals surface area contributed by atoms with Gasteiger partial charge >= 0.3 is 0 Å². The summed E-state index contributed by atoms with van der Waals surface area (Å²) < 4.78 is 24.4. The number of sulfonamides is 1. The third-order valence-electron chi connectivity index (χ3n) is 1.97. The van der Waals surface area contributed by atoms with Crippen molar-refractivity contribution in [3.8, 4) is 0 Å². The summed E-state index contributed by atoms with van der Waals surface area (Å²) in [5, 5.41) is 8.71. The lowest BCUT2D eigenvalue weighted by atomic mass is 10.6. The molecule has 6 heteroatoms. The second-order valence-corrected chi connectivity index (χ2v) is 5.49. The van der Waals surface area contributed by atoms with Gasteiger partial charge in [0, 0.05) is 18.5 Å². The molecule has 1 saturated carbocycles. The van der Waals surface area contributed by atoms with Gasteiger partial charge < -0.3 is 5.11 Å². The Morgan fingerprint density at radius 1 is 1.46 bits per heavy atom. The monoisotopic (exact) mass is 227 g/mol. The number of aliphatic hydroxyl groups is 1. The van der Waals surface area contributed by atoms with Crippen LogP contribution in [-0.2, 0) is 10.0 Å². The van der Waals surface area contributed by atoms with E-state index in [1.165, 1.54) is 4.31 Å². The van der Waals surface area contributed by atoms with E-state index >= 15 is 0 Å². The van der Waals surface area contributed by atoms with Crippen molar-refractivity contribution in [3.63, 3.8) is 0 Å². The van der Waals surface area contributed by atoms with E-state index in [0.29, 0.717) is 0 Å². The molecule has 0 spiro atoms. The van der Waals surface area contributed by atoms with Gasteiger partial charge in [-0.25, -0.2) is 8.42 Å². The molecular weight excluding hydrogens is 214 g/mol. The maximum absolute atomic E-state index is 11.5. The lowest BCUT2D eigenvalue weighted by molar-refractivity contribution is 0.250. The Morgan fingerprint density at radius 2 is 2.08 bits per heavy atom. The van der Waals surface area contributed by atoms with Crippen molar-refractivity contribution >= 4 is 21.6 Å². The maximum Gasteiger partial charge on any atom is 0.215 e. The van der Waals surface area contributed by atoms with E-state index in [1.807, 2.05) is 0 Å². The predicted molar refractivity (Wildman–Crippen MR) is 51.3 cm³/mol. The Kier molecular flexibility index (Phi) is 3.97. The number of hydrogen-bond acceptors (Lipinski definition) is 3. The maximum atomic E-state index is 11.5. The van der Waals surface area contributed by atoms with Crippen molar-refractivity contribution < 1.29 is 13.5 Å². The Hall–Kier alpha value is 0.160. The predicted octanol–water partition coefficient (Wildman–Crippen LogP) is 0.0117. The Labute approximate surface area is 83.5 Å². The average molecular weight is 228 g/mol. The zero-order chi connectivity index (χ0) is 9.90. The van der Waals surface area contributed by atoms with E-state index in [-0.39, 0.29) is 30.8 Å². The van der Waals surface area contributed by atoms with Crippen molar-refractivity contribution in [2.24, 2.45) is 0 Å². The van der Waals surface area contributed by atoms with Crippen LogP contribution < -0.4 is 0 Å². The van der Waals surface area contributed by atoms with Gasteiger partial charge in [0.15, 0.2) is 0 Å². The van der Waals surface area contributed by atoms with E-state index in [1.54, 1.807) is 0 Å². The van der Waals surface area contributed by atoms with Crippen molar-refractivity contribution in [1.82, 2.24) is 4.31 Å². The first kappa shape index (κ1) is 11.2. The number of aliphatic hydroxyl groups excluding tert-OH is 1. The second kappa shape index (κ2) is 4.59. The number of halogens is 1. The summed E-state index contributed by atoms with van der Waals surface area (Å²) in [6, 6.07) is 0.111. The van der Waals surface area contributed by atoms with Gasteiger partial charge in [-0.15, -0.1) is 11.6 Å². The van der Waals surface area contributed by atoms with Gasteiger partial charge in [-0.3, -0.25) is 0 Å². The first-order valence-electron chi connectivity index (χ1n) is 4.28. The van der Waals surface area contributed by atoms with E-state index in [9.17, 15) is 8.42 Å². The summed E-state index contributed by atoms with van der Waals surface area (Å²) in [7, 11) is -3.23. The first-order valence-corrected chi connectivity index (χ1v) is 6.42. The SMILES string of the molecule is O=S(=O)(CCCl)N(CCO)C1CC1. The summed E-state index contributed by atoms with van der Waals surface area (Å²) in [5.74, 6) is 0.0715. The van der Waals surface area contributed by atoms with Gasteiger partial charge in [0.2, 0.25) is 10.0 Å². The van der Waals surface area contributed by atoms with Gasteiger partial charge in [-0.2, -0.15) is 4.31 Å². The molecule has 0 heterocycles. The highest BCUT2D eigenvalue weighted by molar-refractivity contribution is 7.89. The molecule has 0 radical (unpaired) electrons. The number of rotatable bonds is 6. The third kappa shape index (κ3) is 3.09. The summed E-state index contributed by atoms with van der Waals surface area (Å²) >= 11 is 5.39. The molecule has 0 aromatic carbocycles. The Balaban J connectivity index is 2.61. The molecule has 0 aromatic rings. The van der Waals surface area contributed by atoms with Crippen LogP contribution in [0.5, 0.6) is 0 Å². The van der Waals surface area contributed by atoms with Crippen LogP contribution in [0.3, 0.4) is 0 Å². The van der Waals surface area contributed by atoms with Gasteiger partial charge in [-0.05, 0) is 12.8 Å². The van der Waals surface area contributed by atoms with Crippen LogP contribution in [0.2, 0.25) is 0 Å². The Morgan fingerprint density at radius 3 is 2.46 bits per heavy atom. The van der Waals surface area contributed by atoms with Gasteiger partial charge in [0.1, 0.15) is 0 Å². The first-order chi connectivity index (χ1) is 6.11. The van der Waals surface area contributed by atoms with Crippen molar-refractivity contribution in [3.05, 3.63) is 0 Å². The van der Waals surface area contributed by atoms with Gasteiger partial charge in [0.05, 0.1) is 12.4 Å². The standard InChI is InChI=1S/C7H14ClNO3S/c8-3-6-13(11,12)9(4-5-10)7-1-2-7/h7,10H,1-6H2. The van der Waals surface area contributed by atoms with E-state index < -0.39 is 10.0 Å². The minimum Gasteiger partial charge on any atom is -0.395 e. The fraction of sp³-hybridized carbons (Fsp3) is 1.00. The van der Waals surface area contributed by atoms with Crippen LogP contribution in [0.25, 0.3) is 0 Å². The number of hydrogen-bond donors (Lipinski definition) is 1. The number of nitrogens with zero attached hydrogens (tertiary/aromatic N) is 1. The topological polar surface area (TPSA) is 57.6 Å². The zero-order valence-electron chi connectivity index (χ0n) is 7.32. The summed E-state index contributed by atoms with van der Waals surface area (Å²) in [5.41, 5.74) is 0. The fourth-order valence-corrected chi connectivity index (χ4v) is 3.26. The molecule has 0 bridgehead atoms. The molecule has 1 rings (SSSR count). The molecule has 0 amide bonds. The van der Waals surface area contributed by atoms with Crippen molar-refractivity contribution in [2.45, 2.75) is 18.9 Å². The minimum atomic E-state index is -3.23. The Bertz CT molecular complexity index is 250. The van der Waals surface area contributed by atoms with Crippen molar-refractivity contribution in [2.75, 3.05) is 24.8 Å². The summed E-state index contributed by atoms with van der Waals surface area (Å²) in [4.78, 5) is 0. The zero-order valence-corrected chi connectivity index (χ0v) is 8.89. The average Bonchev–Trinajstić information content (AvgIpc) is 2.82. The van der Waals surface area contributed by atoms with Crippen LogP contribution in [0.1, 0.15) is 12.8 Å². The van der Waals surface area contributed by atoms with E-state index in [0.717, 1.165) is 12.8 Å². The minimum absolute atomic E-state index is 0.0367. The van der Waals surface area contributed by atoms with Gasteiger partial charge in [-0.1, -0.05) is 0 Å². The van der Waals surface area contributed by atoms with Crippen LogP contribution >= 0.6 is 11.6 Å². The summed E-state index contributed by atoms with van der Waals surface area (Å²) in [6.07, 6.45) is 1.81. The smallest absolute Gasteiger partial charge is 0.215 e. The molecule has 0 aromatic heterocycles. The molecule has 0 saturated heterocycles. The molecule has 78 valence electrons.